The molecule has 0 aliphatic carbocycles. The van der Waals surface area contributed by atoms with Crippen LogP contribution in [0.25, 0.3) is 0 Å². The molecule has 0 spiro atoms. The third kappa shape index (κ3) is 4.12. The van der Waals surface area contributed by atoms with Gasteiger partial charge in [-0.05, 0) is 37.2 Å². The molecule has 1 saturated heterocycles. The third-order valence-corrected chi connectivity index (χ3v) is 4.00. The van der Waals surface area contributed by atoms with Crippen LogP contribution in [0.5, 0.6) is 0 Å². The minimum absolute atomic E-state index is 0.491. The Balaban J connectivity index is 2.04. The first-order valence-electron chi connectivity index (χ1n) is 7.55. The smallest absolute Gasteiger partial charge is 0.127 e. The molecular weight excluding hydrogens is 234 g/mol. The van der Waals surface area contributed by atoms with Gasteiger partial charge in [0.1, 0.15) is 5.82 Å². The molecule has 3 nitrogen and oxygen atoms in total. The second-order valence-electron chi connectivity index (χ2n) is 6.33. The van der Waals surface area contributed by atoms with Crippen LogP contribution in [0.2, 0.25) is 0 Å². The molecular formula is C16H27N3. The van der Waals surface area contributed by atoms with Gasteiger partial charge in [-0.15, -0.1) is 0 Å². The van der Waals surface area contributed by atoms with Crippen molar-refractivity contribution in [3.05, 3.63) is 18.3 Å². The highest BCUT2D eigenvalue weighted by molar-refractivity contribution is 5.53. The first-order valence-corrected chi connectivity index (χ1v) is 7.55. The summed E-state index contributed by atoms with van der Waals surface area (Å²) in [6.45, 7) is 10.3. The first kappa shape index (κ1) is 14.2. The second kappa shape index (κ2) is 6.27. The van der Waals surface area contributed by atoms with Gasteiger partial charge in [0.2, 0.25) is 0 Å². The minimum Gasteiger partial charge on any atom is -0.371 e. The maximum Gasteiger partial charge on any atom is 0.127 e. The number of rotatable bonds is 4. The SMILES string of the molecule is CCCNc1cc(N2CCCC(C)(C)CC2)ccn1. The van der Waals surface area contributed by atoms with E-state index in [4.69, 9.17) is 0 Å². The van der Waals surface area contributed by atoms with Crippen molar-refractivity contribution in [3.8, 4) is 0 Å². The van der Waals surface area contributed by atoms with Crippen LogP contribution in [-0.2, 0) is 0 Å². The summed E-state index contributed by atoms with van der Waals surface area (Å²) in [6, 6.07) is 4.32. The fraction of sp³-hybridized carbons (Fsp3) is 0.688. The molecule has 0 saturated carbocycles. The van der Waals surface area contributed by atoms with Gasteiger partial charge < -0.3 is 10.2 Å². The van der Waals surface area contributed by atoms with Gasteiger partial charge in [0.05, 0.1) is 0 Å². The Morgan fingerprint density at radius 1 is 1.32 bits per heavy atom. The summed E-state index contributed by atoms with van der Waals surface area (Å²) < 4.78 is 0. The molecule has 1 N–H and O–H groups in total. The van der Waals surface area contributed by atoms with E-state index in [9.17, 15) is 0 Å². The predicted molar refractivity (Wildman–Crippen MR) is 82.9 cm³/mol. The van der Waals surface area contributed by atoms with Gasteiger partial charge in [0, 0.05) is 37.6 Å². The molecule has 0 bridgehead atoms. The van der Waals surface area contributed by atoms with Gasteiger partial charge in [-0.25, -0.2) is 4.98 Å². The van der Waals surface area contributed by atoms with E-state index in [0.29, 0.717) is 5.41 Å². The molecule has 0 aromatic carbocycles. The van der Waals surface area contributed by atoms with Crippen molar-refractivity contribution >= 4 is 11.5 Å². The second-order valence-corrected chi connectivity index (χ2v) is 6.33. The highest BCUT2D eigenvalue weighted by Gasteiger charge is 2.23. The van der Waals surface area contributed by atoms with E-state index in [1.54, 1.807) is 0 Å². The summed E-state index contributed by atoms with van der Waals surface area (Å²) >= 11 is 0. The maximum atomic E-state index is 4.39. The van der Waals surface area contributed by atoms with Crippen LogP contribution < -0.4 is 10.2 Å². The zero-order chi connectivity index (χ0) is 13.7. The van der Waals surface area contributed by atoms with Gasteiger partial charge in [-0.1, -0.05) is 20.8 Å². The van der Waals surface area contributed by atoms with Crippen molar-refractivity contribution in [1.82, 2.24) is 4.98 Å². The molecule has 2 heterocycles. The summed E-state index contributed by atoms with van der Waals surface area (Å²) in [7, 11) is 0. The Kier molecular flexibility index (Phi) is 4.67. The van der Waals surface area contributed by atoms with Crippen LogP contribution >= 0.6 is 0 Å². The third-order valence-electron chi connectivity index (χ3n) is 4.00. The molecule has 106 valence electrons. The van der Waals surface area contributed by atoms with Gasteiger partial charge in [0.25, 0.3) is 0 Å². The number of pyridine rings is 1. The molecule has 19 heavy (non-hydrogen) atoms. The Morgan fingerprint density at radius 3 is 2.95 bits per heavy atom. The number of hydrogen-bond acceptors (Lipinski definition) is 3. The Hall–Kier alpha value is -1.25. The fourth-order valence-corrected chi connectivity index (χ4v) is 2.65. The topological polar surface area (TPSA) is 28.2 Å². The number of hydrogen-bond donors (Lipinski definition) is 1. The molecule has 3 heteroatoms. The summed E-state index contributed by atoms with van der Waals surface area (Å²) in [5.41, 5.74) is 1.80. The zero-order valence-electron chi connectivity index (χ0n) is 12.6. The van der Waals surface area contributed by atoms with Crippen LogP contribution in [0.1, 0.15) is 46.5 Å². The fourth-order valence-electron chi connectivity index (χ4n) is 2.65. The Morgan fingerprint density at radius 2 is 2.16 bits per heavy atom. The Bertz CT molecular complexity index is 401. The summed E-state index contributed by atoms with van der Waals surface area (Å²) in [6.07, 6.45) is 6.93. The quantitative estimate of drug-likeness (QED) is 0.890. The molecule has 1 fully saturated rings. The molecule has 0 atom stereocenters. The van der Waals surface area contributed by atoms with Crippen molar-refractivity contribution in [2.45, 2.75) is 46.5 Å². The van der Waals surface area contributed by atoms with Crippen molar-refractivity contribution in [1.29, 1.82) is 0 Å². The lowest BCUT2D eigenvalue weighted by molar-refractivity contribution is 0.325. The monoisotopic (exact) mass is 261 g/mol. The van der Waals surface area contributed by atoms with Gasteiger partial charge in [-0.2, -0.15) is 0 Å². The van der Waals surface area contributed by atoms with E-state index in [1.165, 1.54) is 31.5 Å². The molecule has 1 aliphatic heterocycles. The molecule has 0 amide bonds. The van der Waals surface area contributed by atoms with E-state index >= 15 is 0 Å². The summed E-state index contributed by atoms with van der Waals surface area (Å²) in [5, 5.41) is 3.37. The highest BCUT2D eigenvalue weighted by atomic mass is 15.1. The van der Waals surface area contributed by atoms with E-state index in [2.05, 4.69) is 48.1 Å². The van der Waals surface area contributed by atoms with Crippen LogP contribution in [0.3, 0.4) is 0 Å². The van der Waals surface area contributed by atoms with Crippen molar-refractivity contribution in [2.24, 2.45) is 5.41 Å². The molecule has 0 radical (unpaired) electrons. The lowest BCUT2D eigenvalue weighted by Gasteiger charge is -2.25. The highest BCUT2D eigenvalue weighted by Crippen LogP contribution is 2.31. The lowest BCUT2D eigenvalue weighted by atomic mass is 9.85. The Labute approximate surface area is 117 Å². The van der Waals surface area contributed by atoms with Crippen molar-refractivity contribution < 1.29 is 0 Å². The molecule has 2 rings (SSSR count). The number of nitrogens with one attached hydrogen (secondary N) is 1. The van der Waals surface area contributed by atoms with Crippen LogP contribution in [0.4, 0.5) is 11.5 Å². The first-order chi connectivity index (χ1) is 9.11. The average molecular weight is 261 g/mol. The zero-order valence-corrected chi connectivity index (χ0v) is 12.6. The average Bonchev–Trinajstić information content (AvgIpc) is 2.58. The van der Waals surface area contributed by atoms with E-state index in [0.717, 1.165) is 25.3 Å². The van der Waals surface area contributed by atoms with E-state index in [-0.39, 0.29) is 0 Å². The molecule has 1 aromatic heterocycles. The largest absolute Gasteiger partial charge is 0.371 e. The standard InChI is InChI=1S/C16H27N3/c1-4-9-17-15-13-14(6-10-18-15)19-11-5-7-16(2,3)8-12-19/h6,10,13H,4-5,7-9,11-12H2,1-3H3,(H,17,18). The summed E-state index contributed by atoms with van der Waals surface area (Å²) in [4.78, 5) is 6.89. The molecule has 0 unspecified atom stereocenters. The van der Waals surface area contributed by atoms with Gasteiger partial charge in [0.15, 0.2) is 0 Å². The van der Waals surface area contributed by atoms with E-state index in [1.807, 2.05) is 6.20 Å². The summed E-state index contributed by atoms with van der Waals surface area (Å²) in [5.74, 6) is 1.00. The van der Waals surface area contributed by atoms with Gasteiger partial charge in [-0.3, -0.25) is 0 Å². The van der Waals surface area contributed by atoms with E-state index < -0.39 is 0 Å². The number of anilines is 2. The van der Waals surface area contributed by atoms with Crippen LogP contribution in [-0.4, -0.2) is 24.6 Å². The lowest BCUT2D eigenvalue weighted by Crippen LogP contribution is -2.25. The molecule has 1 aliphatic rings. The van der Waals surface area contributed by atoms with Crippen molar-refractivity contribution in [3.63, 3.8) is 0 Å². The number of aromatic nitrogens is 1. The predicted octanol–water partition coefficient (Wildman–Crippen LogP) is 3.92. The van der Waals surface area contributed by atoms with Crippen molar-refractivity contribution in [2.75, 3.05) is 29.9 Å². The number of nitrogens with zero attached hydrogens (tertiary/aromatic N) is 2. The minimum atomic E-state index is 0.491. The molecule has 1 aromatic rings. The maximum absolute atomic E-state index is 4.39. The van der Waals surface area contributed by atoms with Crippen LogP contribution in [0, 0.1) is 5.41 Å². The van der Waals surface area contributed by atoms with Crippen LogP contribution in [0.15, 0.2) is 18.3 Å². The normalized spacial score (nSPS) is 19.0. The van der Waals surface area contributed by atoms with Gasteiger partial charge >= 0.3 is 0 Å².